The van der Waals surface area contributed by atoms with E-state index in [-0.39, 0.29) is 17.9 Å². The highest BCUT2D eigenvalue weighted by molar-refractivity contribution is 7.99. The van der Waals surface area contributed by atoms with Gasteiger partial charge in [-0.05, 0) is 50.8 Å². The van der Waals surface area contributed by atoms with Gasteiger partial charge in [0.25, 0.3) is 0 Å². The van der Waals surface area contributed by atoms with Crippen LogP contribution in [0, 0.1) is 13.8 Å². The molecule has 0 saturated heterocycles. The van der Waals surface area contributed by atoms with Crippen molar-refractivity contribution >= 4 is 23.6 Å². The minimum atomic E-state index is -0.440. The van der Waals surface area contributed by atoms with Crippen molar-refractivity contribution in [3.8, 4) is 0 Å². The van der Waals surface area contributed by atoms with Crippen LogP contribution in [0.4, 0.5) is 0 Å². The molecule has 1 fully saturated rings. The lowest BCUT2D eigenvalue weighted by Crippen LogP contribution is -2.51. The second-order valence-corrected chi connectivity index (χ2v) is 10.4. The molecule has 1 N–H and O–H groups in total. The first-order valence-corrected chi connectivity index (χ1v) is 13.3. The monoisotopic (exact) mass is 466 g/mol. The van der Waals surface area contributed by atoms with E-state index in [1.54, 1.807) is 11.8 Å². The molecule has 178 valence electrons. The second kappa shape index (κ2) is 12.8. The molecule has 1 atom stereocenters. The Labute approximate surface area is 203 Å². The Balaban J connectivity index is 1.69. The van der Waals surface area contributed by atoms with Gasteiger partial charge in [0.1, 0.15) is 6.04 Å². The summed E-state index contributed by atoms with van der Waals surface area (Å²) < 4.78 is 0. The summed E-state index contributed by atoms with van der Waals surface area (Å²) in [6.45, 7) is 6.60. The van der Waals surface area contributed by atoms with Crippen molar-refractivity contribution in [3.05, 3.63) is 65.2 Å². The number of carbonyl (C=O) groups is 2. The van der Waals surface area contributed by atoms with E-state index in [2.05, 4.69) is 55.6 Å². The third-order valence-corrected chi connectivity index (χ3v) is 7.39. The zero-order chi connectivity index (χ0) is 23.6. The maximum atomic E-state index is 13.4. The van der Waals surface area contributed by atoms with E-state index in [1.807, 2.05) is 24.0 Å². The van der Waals surface area contributed by atoms with Gasteiger partial charge in [0.15, 0.2) is 0 Å². The van der Waals surface area contributed by atoms with Gasteiger partial charge in [0.05, 0.1) is 0 Å². The summed E-state index contributed by atoms with van der Waals surface area (Å²) in [4.78, 5) is 29.6. The summed E-state index contributed by atoms with van der Waals surface area (Å²) in [6, 6.07) is 16.4. The molecule has 2 aromatic rings. The third-order valence-electron chi connectivity index (χ3n) is 6.38. The molecule has 4 nitrogen and oxygen atoms in total. The molecule has 0 bridgehead atoms. The van der Waals surface area contributed by atoms with Gasteiger partial charge in [-0.25, -0.2) is 0 Å². The molecule has 2 aromatic carbocycles. The zero-order valence-electron chi connectivity index (χ0n) is 20.3. The van der Waals surface area contributed by atoms with Crippen molar-refractivity contribution < 1.29 is 9.59 Å². The highest BCUT2D eigenvalue weighted by Gasteiger charge is 2.30. The fraction of sp³-hybridized carbons (Fsp3) is 0.500. The van der Waals surface area contributed by atoms with E-state index in [1.165, 1.54) is 29.7 Å². The highest BCUT2D eigenvalue weighted by atomic mass is 32.2. The number of rotatable bonds is 10. The minimum Gasteiger partial charge on any atom is -0.352 e. The van der Waals surface area contributed by atoms with Crippen molar-refractivity contribution in [2.24, 2.45) is 0 Å². The molecule has 1 aliphatic carbocycles. The lowest BCUT2D eigenvalue weighted by molar-refractivity contribution is -0.141. The van der Waals surface area contributed by atoms with Gasteiger partial charge >= 0.3 is 0 Å². The van der Waals surface area contributed by atoms with E-state index in [0.717, 1.165) is 24.0 Å². The Morgan fingerprint density at radius 3 is 2.42 bits per heavy atom. The number of nitrogens with one attached hydrogen (secondary N) is 1. The van der Waals surface area contributed by atoms with Gasteiger partial charge in [-0.1, -0.05) is 73.7 Å². The van der Waals surface area contributed by atoms with Crippen LogP contribution in [0.3, 0.4) is 0 Å². The van der Waals surface area contributed by atoms with Crippen molar-refractivity contribution in [2.75, 3.05) is 5.75 Å². The number of benzene rings is 2. The van der Waals surface area contributed by atoms with Crippen LogP contribution < -0.4 is 5.32 Å². The van der Waals surface area contributed by atoms with Crippen molar-refractivity contribution in [1.29, 1.82) is 0 Å². The van der Waals surface area contributed by atoms with Crippen LogP contribution in [0.25, 0.3) is 0 Å². The third kappa shape index (κ3) is 7.92. The number of thioether (sulfide) groups is 1. The predicted molar refractivity (Wildman–Crippen MR) is 137 cm³/mol. The molecule has 33 heavy (non-hydrogen) atoms. The van der Waals surface area contributed by atoms with Crippen LogP contribution in [0.1, 0.15) is 68.6 Å². The largest absolute Gasteiger partial charge is 0.352 e. The van der Waals surface area contributed by atoms with Gasteiger partial charge in [-0.3, -0.25) is 9.59 Å². The summed E-state index contributed by atoms with van der Waals surface area (Å²) in [5.41, 5.74) is 3.46. The zero-order valence-corrected chi connectivity index (χ0v) is 21.1. The summed E-state index contributed by atoms with van der Waals surface area (Å²) in [5.74, 6) is 0.741. The molecule has 0 aliphatic heterocycles. The van der Waals surface area contributed by atoms with Crippen LogP contribution >= 0.6 is 11.8 Å². The molecule has 0 spiro atoms. The van der Waals surface area contributed by atoms with E-state index >= 15 is 0 Å². The Hall–Kier alpha value is -2.27. The predicted octanol–water partition coefficient (Wildman–Crippen LogP) is 6.04. The summed E-state index contributed by atoms with van der Waals surface area (Å²) in [5, 5.41) is 3.25. The normalized spacial score (nSPS) is 15.1. The molecular formula is C28H38N2O2S. The van der Waals surface area contributed by atoms with Crippen LogP contribution in [-0.4, -0.2) is 34.6 Å². The smallest absolute Gasteiger partial charge is 0.243 e. The van der Waals surface area contributed by atoms with Crippen LogP contribution in [0.2, 0.25) is 0 Å². The quantitative estimate of drug-likeness (QED) is 0.434. The molecule has 1 aliphatic rings. The number of hydrogen-bond acceptors (Lipinski definition) is 3. The average molecular weight is 467 g/mol. The van der Waals surface area contributed by atoms with Gasteiger partial charge < -0.3 is 10.2 Å². The Morgan fingerprint density at radius 2 is 1.76 bits per heavy atom. The number of nitrogens with zero attached hydrogens (tertiary/aromatic N) is 1. The molecule has 5 heteroatoms. The molecule has 0 radical (unpaired) electrons. The standard InChI is InChI=1S/C28H38N2O2S/c1-4-26(28(32)29-24-11-6-5-7-12-24)30(20-23-10-8-9-22(3)19-23)27(31)17-18-33-25-15-13-21(2)14-16-25/h8-10,13-16,19,24,26H,4-7,11-12,17-18,20H2,1-3H3,(H,29,32). The fourth-order valence-electron chi connectivity index (χ4n) is 4.51. The van der Waals surface area contributed by atoms with Gasteiger partial charge in [0, 0.05) is 29.7 Å². The van der Waals surface area contributed by atoms with E-state index in [0.29, 0.717) is 25.1 Å². The maximum Gasteiger partial charge on any atom is 0.243 e. The average Bonchev–Trinajstić information content (AvgIpc) is 2.81. The Morgan fingerprint density at radius 1 is 1.03 bits per heavy atom. The Kier molecular flexibility index (Phi) is 9.86. The second-order valence-electron chi connectivity index (χ2n) is 9.19. The minimum absolute atomic E-state index is 0.00316. The molecule has 2 amide bonds. The van der Waals surface area contributed by atoms with E-state index in [9.17, 15) is 9.59 Å². The van der Waals surface area contributed by atoms with E-state index in [4.69, 9.17) is 0 Å². The van der Waals surface area contributed by atoms with Crippen LogP contribution in [-0.2, 0) is 16.1 Å². The number of carbonyl (C=O) groups excluding carboxylic acids is 2. The number of aryl methyl sites for hydroxylation is 2. The first kappa shape index (κ1) is 25.4. The Bertz CT molecular complexity index is 906. The summed E-state index contributed by atoms with van der Waals surface area (Å²) in [7, 11) is 0. The van der Waals surface area contributed by atoms with Gasteiger partial charge in [0.2, 0.25) is 11.8 Å². The van der Waals surface area contributed by atoms with Crippen LogP contribution in [0.5, 0.6) is 0 Å². The maximum absolute atomic E-state index is 13.4. The van der Waals surface area contributed by atoms with E-state index < -0.39 is 6.04 Å². The van der Waals surface area contributed by atoms with Crippen molar-refractivity contribution in [1.82, 2.24) is 10.2 Å². The molecule has 1 unspecified atom stereocenters. The van der Waals surface area contributed by atoms with Crippen LogP contribution in [0.15, 0.2) is 53.4 Å². The first-order chi connectivity index (χ1) is 16.0. The SMILES string of the molecule is CCC(C(=O)NC1CCCCC1)N(Cc1cccc(C)c1)C(=O)CCSc1ccc(C)cc1. The summed E-state index contributed by atoms with van der Waals surface area (Å²) in [6.07, 6.45) is 6.70. The lowest BCUT2D eigenvalue weighted by Gasteiger charge is -2.33. The molecule has 3 rings (SSSR count). The summed E-state index contributed by atoms with van der Waals surface area (Å²) >= 11 is 1.69. The van der Waals surface area contributed by atoms with Gasteiger partial charge in [-0.15, -0.1) is 11.8 Å². The topological polar surface area (TPSA) is 49.4 Å². The molecule has 0 aromatic heterocycles. The molecule has 1 saturated carbocycles. The highest BCUT2D eigenvalue weighted by Crippen LogP contribution is 2.22. The molecule has 0 heterocycles. The first-order valence-electron chi connectivity index (χ1n) is 12.3. The van der Waals surface area contributed by atoms with Gasteiger partial charge in [-0.2, -0.15) is 0 Å². The van der Waals surface area contributed by atoms with Crippen molar-refractivity contribution in [2.45, 2.75) is 89.2 Å². The number of amides is 2. The fourth-order valence-corrected chi connectivity index (χ4v) is 5.35. The number of hydrogen-bond donors (Lipinski definition) is 1. The van der Waals surface area contributed by atoms with Crippen molar-refractivity contribution in [3.63, 3.8) is 0 Å². The molecular weight excluding hydrogens is 428 g/mol. The lowest BCUT2D eigenvalue weighted by atomic mass is 9.95.